The lowest BCUT2D eigenvalue weighted by molar-refractivity contribution is 0.0824. The fourth-order valence-corrected chi connectivity index (χ4v) is 1.17. The van der Waals surface area contributed by atoms with Gasteiger partial charge in [-0.15, -0.1) is 12.6 Å². The highest BCUT2D eigenvalue weighted by Gasteiger charge is 2.11. The zero-order chi connectivity index (χ0) is 10.0. The van der Waals surface area contributed by atoms with Crippen LogP contribution in [0.4, 0.5) is 0 Å². The van der Waals surface area contributed by atoms with Crippen LogP contribution in [-0.4, -0.2) is 30.0 Å². The smallest absolute Gasteiger partial charge is 0.254 e. The van der Waals surface area contributed by atoms with Gasteiger partial charge in [0.25, 0.3) is 5.91 Å². The zero-order valence-electron chi connectivity index (χ0n) is 7.48. The zero-order valence-corrected chi connectivity index (χ0v) is 8.38. The Bertz CT molecular complexity index is 336. The average Bonchev–Trinajstić information content (AvgIpc) is 2.08. The van der Waals surface area contributed by atoms with Crippen LogP contribution >= 0.6 is 12.6 Å². The molecule has 0 bridgehead atoms. The van der Waals surface area contributed by atoms with Crippen LogP contribution in [0.3, 0.4) is 0 Å². The number of phenols is 1. The summed E-state index contributed by atoms with van der Waals surface area (Å²) in [5.41, 5.74) is 0.410. The lowest BCUT2D eigenvalue weighted by atomic mass is 10.2. The predicted octanol–water partition coefficient (Wildman–Crippen LogP) is 1.38. The maximum absolute atomic E-state index is 11.5. The summed E-state index contributed by atoms with van der Waals surface area (Å²) >= 11 is 4.12. The number of hydrogen-bond donors (Lipinski definition) is 2. The highest BCUT2D eigenvalue weighted by atomic mass is 32.1. The molecule has 0 saturated heterocycles. The van der Waals surface area contributed by atoms with Gasteiger partial charge < -0.3 is 10.0 Å². The van der Waals surface area contributed by atoms with Gasteiger partial charge in [-0.05, 0) is 18.2 Å². The first-order valence-corrected chi connectivity index (χ1v) is 4.20. The molecule has 0 aliphatic heterocycles. The molecule has 0 radical (unpaired) electrons. The van der Waals surface area contributed by atoms with Crippen LogP contribution in [0.25, 0.3) is 0 Å². The summed E-state index contributed by atoms with van der Waals surface area (Å²) in [7, 11) is 3.30. The Morgan fingerprint density at radius 3 is 2.62 bits per heavy atom. The molecule has 13 heavy (non-hydrogen) atoms. The van der Waals surface area contributed by atoms with Crippen molar-refractivity contribution in [2.45, 2.75) is 4.90 Å². The molecule has 0 heterocycles. The van der Waals surface area contributed by atoms with E-state index in [4.69, 9.17) is 5.11 Å². The predicted molar refractivity (Wildman–Crippen MR) is 53.4 cm³/mol. The lowest BCUT2D eigenvalue weighted by Crippen LogP contribution is -2.22. The Morgan fingerprint density at radius 2 is 2.08 bits per heavy atom. The summed E-state index contributed by atoms with van der Waals surface area (Å²) < 4.78 is 0. The van der Waals surface area contributed by atoms with Gasteiger partial charge in [0, 0.05) is 19.0 Å². The van der Waals surface area contributed by atoms with Crippen LogP contribution in [0.2, 0.25) is 0 Å². The first kappa shape index (κ1) is 9.92. The molecule has 1 aromatic carbocycles. The van der Waals surface area contributed by atoms with Crippen LogP contribution in [0, 0.1) is 0 Å². The molecule has 1 rings (SSSR count). The molecule has 0 saturated carbocycles. The van der Waals surface area contributed by atoms with Gasteiger partial charge in [-0.25, -0.2) is 0 Å². The number of carbonyl (C=O) groups is 1. The Labute approximate surface area is 82.4 Å². The Hall–Kier alpha value is -1.16. The third-order valence-electron chi connectivity index (χ3n) is 1.62. The van der Waals surface area contributed by atoms with E-state index in [-0.39, 0.29) is 11.7 Å². The van der Waals surface area contributed by atoms with Crippen molar-refractivity contribution < 1.29 is 9.90 Å². The largest absolute Gasteiger partial charge is 0.508 e. The standard InChI is InChI=1S/C9H11NO2S/c1-10(2)9(12)7-5-6(11)3-4-8(7)13/h3-5,11,13H,1-2H3. The summed E-state index contributed by atoms with van der Waals surface area (Å²) in [6, 6.07) is 4.49. The second-order valence-electron chi connectivity index (χ2n) is 2.90. The molecule has 0 fully saturated rings. The molecule has 4 heteroatoms. The fraction of sp³-hybridized carbons (Fsp3) is 0.222. The second-order valence-corrected chi connectivity index (χ2v) is 3.38. The van der Waals surface area contributed by atoms with Crippen LogP contribution in [0.15, 0.2) is 23.1 Å². The first-order chi connectivity index (χ1) is 6.02. The van der Waals surface area contributed by atoms with Gasteiger partial charge in [0.2, 0.25) is 0 Å². The molecule has 1 N–H and O–H groups in total. The summed E-state index contributed by atoms with van der Waals surface area (Å²) in [6.07, 6.45) is 0. The molecule has 0 unspecified atom stereocenters. The molecule has 0 aliphatic carbocycles. The van der Waals surface area contributed by atoms with Crippen molar-refractivity contribution in [1.82, 2.24) is 4.90 Å². The van der Waals surface area contributed by atoms with E-state index < -0.39 is 0 Å². The summed E-state index contributed by atoms with van der Waals surface area (Å²) in [5, 5.41) is 9.16. The van der Waals surface area contributed by atoms with Gasteiger partial charge in [-0.1, -0.05) is 0 Å². The molecular weight excluding hydrogens is 186 g/mol. The summed E-state index contributed by atoms with van der Waals surface area (Å²) in [4.78, 5) is 13.5. The van der Waals surface area contributed by atoms with Crippen molar-refractivity contribution in [3.8, 4) is 5.75 Å². The molecule has 70 valence electrons. The maximum atomic E-state index is 11.5. The number of phenolic OH excluding ortho intramolecular Hbond substituents is 1. The van der Waals surface area contributed by atoms with Crippen LogP contribution in [0.5, 0.6) is 5.75 Å². The topological polar surface area (TPSA) is 40.5 Å². The van der Waals surface area contributed by atoms with E-state index in [1.54, 1.807) is 20.2 Å². The quantitative estimate of drug-likeness (QED) is 0.668. The van der Waals surface area contributed by atoms with Gasteiger partial charge in [0.15, 0.2) is 0 Å². The number of carbonyl (C=O) groups excluding carboxylic acids is 1. The number of hydrogen-bond acceptors (Lipinski definition) is 3. The fourth-order valence-electron chi connectivity index (χ4n) is 0.936. The molecule has 0 aliphatic rings. The Kier molecular flexibility index (Phi) is 2.83. The minimum atomic E-state index is -0.166. The third-order valence-corrected chi connectivity index (χ3v) is 2.01. The number of benzene rings is 1. The van der Waals surface area contributed by atoms with Gasteiger partial charge in [-0.3, -0.25) is 4.79 Å². The van der Waals surface area contributed by atoms with E-state index in [2.05, 4.69) is 12.6 Å². The number of amides is 1. The Balaban J connectivity index is 3.13. The van der Waals surface area contributed by atoms with Crippen LogP contribution in [0.1, 0.15) is 10.4 Å². The first-order valence-electron chi connectivity index (χ1n) is 3.76. The second kappa shape index (κ2) is 3.70. The molecular formula is C9H11NO2S. The molecule has 0 atom stereocenters. The minimum Gasteiger partial charge on any atom is -0.508 e. The van der Waals surface area contributed by atoms with E-state index in [9.17, 15) is 4.79 Å². The normalized spacial score (nSPS) is 9.77. The lowest BCUT2D eigenvalue weighted by Gasteiger charge is -2.11. The number of aromatic hydroxyl groups is 1. The van der Waals surface area contributed by atoms with Gasteiger partial charge >= 0.3 is 0 Å². The molecule has 1 amide bonds. The molecule has 1 aromatic rings. The van der Waals surface area contributed by atoms with Crippen LogP contribution < -0.4 is 0 Å². The van der Waals surface area contributed by atoms with Crippen molar-refractivity contribution in [2.75, 3.05) is 14.1 Å². The van der Waals surface area contributed by atoms with Crippen LogP contribution in [-0.2, 0) is 0 Å². The maximum Gasteiger partial charge on any atom is 0.254 e. The third kappa shape index (κ3) is 2.15. The van der Waals surface area contributed by atoms with Crippen molar-refractivity contribution in [3.63, 3.8) is 0 Å². The summed E-state index contributed by atoms with van der Waals surface area (Å²) in [6.45, 7) is 0. The van der Waals surface area contributed by atoms with Gasteiger partial charge in [0.1, 0.15) is 5.75 Å². The number of thiol groups is 1. The van der Waals surface area contributed by atoms with Crippen molar-refractivity contribution in [3.05, 3.63) is 23.8 Å². The van der Waals surface area contributed by atoms with E-state index in [1.807, 2.05) is 0 Å². The average molecular weight is 197 g/mol. The van der Waals surface area contributed by atoms with E-state index >= 15 is 0 Å². The minimum absolute atomic E-state index is 0.0722. The SMILES string of the molecule is CN(C)C(=O)c1cc(O)ccc1S. The highest BCUT2D eigenvalue weighted by Crippen LogP contribution is 2.20. The van der Waals surface area contributed by atoms with E-state index in [0.29, 0.717) is 10.5 Å². The number of nitrogens with zero attached hydrogens (tertiary/aromatic N) is 1. The number of rotatable bonds is 1. The monoisotopic (exact) mass is 197 g/mol. The van der Waals surface area contributed by atoms with E-state index in [1.165, 1.54) is 17.0 Å². The molecule has 0 spiro atoms. The molecule has 3 nitrogen and oxygen atoms in total. The van der Waals surface area contributed by atoms with Gasteiger partial charge in [0.05, 0.1) is 5.56 Å². The van der Waals surface area contributed by atoms with E-state index in [0.717, 1.165) is 0 Å². The van der Waals surface area contributed by atoms with Crippen molar-refractivity contribution in [1.29, 1.82) is 0 Å². The van der Waals surface area contributed by atoms with Crippen molar-refractivity contribution in [2.24, 2.45) is 0 Å². The molecule has 0 aromatic heterocycles. The summed E-state index contributed by atoms with van der Waals surface area (Å²) in [5.74, 6) is -0.0936. The highest BCUT2D eigenvalue weighted by molar-refractivity contribution is 7.80. The van der Waals surface area contributed by atoms with Gasteiger partial charge in [-0.2, -0.15) is 0 Å². The van der Waals surface area contributed by atoms with Crippen molar-refractivity contribution >= 4 is 18.5 Å². The Morgan fingerprint density at radius 1 is 1.46 bits per heavy atom.